The Morgan fingerprint density at radius 1 is 1.09 bits per heavy atom. The van der Waals surface area contributed by atoms with Crippen LogP contribution < -0.4 is 9.80 Å². The fourth-order valence-corrected chi connectivity index (χ4v) is 4.80. The van der Waals surface area contributed by atoms with Crippen molar-refractivity contribution in [3.05, 3.63) is 89.6 Å². The van der Waals surface area contributed by atoms with Crippen molar-refractivity contribution >= 4 is 44.1 Å². The Kier molecular flexibility index (Phi) is 4.79. The molecule has 1 unspecified atom stereocenters. The third-order valence-corrected chi connectivity index (χ3v) is 6.45. The summed E-state index contributed by atoms with van der Waals surface area (Å²) in [5.41, 5.74) is 2.37. The normalized spacial score (nSPS) is 16.2. The number of hydrogen-bond donors (Lipinski definition) is 1. The number of amides is 1. The molecule has 1 aliphatic rings. The van der Waals surface area contributed by atoms with Crippen molar-refractivity contribution in [1.82, 2.24) is 4.98 Å². The van der Waals surface area contributed by atoms with E-state index >= 15 is 0 Å². The standard InChI is InChI=1S/C24H19N3O4S/c1-26(2)15-11-9-14(10-12-15)20-19(21(28)17-7-5-13-31-17)22(29)23(30)27(20)24-25-16-6-3-4-8-18(16)32-24/h3-13,20,29H,1-2H3. The van der Waals surface area contributed by atoms with Crippen molar-refractivity contribution in [2.75, 3.05) is 23.9 Å². The van der Waals surface area contributed by atoms with Crippen LogP contribution in [0.2, 0.25) is 0 Å². The van der Waals surface area contributed by atoms with Gasteiger partial charge in [0.05, 0.1) is 28.1 Å². The Labute approximate surface area is 187 Å². The minimum atomic E-state index is -0.836. The molecule has 0 fully saturated rings. The monoisotopic (exact) mass is 445 g/mol. The SMILES string of the molecule is CN(C)c1ccc(C2C(C(=O)c3ccco3)=C(O)C(=O)N2c2nc3ccccc3s2)cc1. The van der Waals surface area contributed by atoms with E-state index in [-0.39, 0.29) is 11.3 Å². The van der Waals surface area contributed by atoms with Crippen LogP contribution in [0, 0.1) is 0 Å². The van der Waals surface area contributed by atoms with Crippen molar-refractivity contribution in [1.29, 1.82) is 0 Å². The second kappa shape index (κ2) is 7.65. The van der Waals surface area contributed by atoms with E-state index in [4.69, 9.17) is 4.42 Å². The number of aliphatic hydroxyl groups is 1. The van der Waals surface area contributed by atoms with Gasteiger partial charge in [0.2, 0.25) is 5.78 Å². The molecule has 0 saturated carbocycles. The van der Waals surface area contributed by atoms with E-state index in [9.17, 15) is 14.7 Å². The Hall–Kier alpha value is -3.91. The number of Topliss-reactive ketones (excluding diaryl/α,β-unsaturated/α-hetero) is 1. The number of furan rings is 1. The van der Waals surface area contributed by atoms with Gasteiger partial charge in [0, 0.05) is 19.8 Å². The Bertz CT molecular complexity index is 1320. The number of aliphatic hydroxyl groups excluding tert-OH is 1. The van der Waals surface area contributed by atoms with E-state index in [2.05, 4.69) is 4.98 Å². The molecule has 0 saturated heterocycles. The fraction of sp³-hybridized carbons (Fsp3) is 0.125. The summed E-state index contributed by atoms with van der Waals surface area (Å²) in [6.45, 7) is 0. The summed E-state index contributed by atoms with van der Waals surface area (Å²) in [6, 6.07) is 17.3. The summed E-state index contributed by atoms with van der Waals surface area (Å²) in [7, 11) is 3.86. The molecule has 1 N–H and O–H groups in total. The molecule has 1 amide bonds. The van der Waals surface area contributed by atoms with Gasteiger partial charge in [-0.05, 0) is 42.0 Å². The molecular weight excluding hydrogens is 426 g/mol. The third-order valence-electron chi connectivity index (χ3n) is 5.41. The van der Waals surface area contributed by atoms with Gasteiger partial charge >= 0.3 is 0 Å². The Balaban J connectivity index is 1.67. The number of para-hydroxylation sites is 1. The molecule has 7 nitrogen and oxygen atoms in total. The van der Waals surface area contributed by atoms with Crippen LogP contribution in [-0.4, -0.2) is 35.9 Å². The van der Waals surface area contributed by atoms with E-state index in [1.165, 1.54) is 28.6 Å². The van der Waals surface area contributed by atoms with Crippen molar-refractivity contribution < 1.29 is 19.1 Å². The fourth-order valence-electron chi connectivity index (χ4n) is 3.81. The lowest BCUT2D eigenvalue weighted by Crippen LogP contribution is -2.31. The molecule has 2 aromatic carbocycles. The van der Waals surface area contributed by atoms with Gasteiger partial charge < -0.3 is 14.4 Å². The molecule has 8 heteroatoms. The number of carbonyl (C=O) groups excluding carboxylic acids is 2. The zero-order chi connectivity index (χ0) is 22.4. The van der Waals surface area contributed by atoms with Crippen molar-refractivity contribution in [2.24, 2.45) is 0 Å². The topological polar surface area (TPSA) is 86.9 Å². The smallest absolute Gasteiger partial charge is 0.296 e. The van der Waals surface area contributed by atoms with Crippen LogP contribution >= 0.6 is 11.3 Å². The second-order valence-corrected chi connectivity index (χ2v) is 8.61. The molecule has 2 aromatic heterocycles. The quantitative estimate of drug-likeness (QED) is 0.447. The van der Waals surface area contributed by atoms with Gasteiger partial charge in [0.15, 0.2) is 16.7 Å². The molecule has 1 aliphatic heterocycles. The lowest BCUT2D eigenvalue weighted by molar-refractivity contribution is -0.117. The second-order valence-electron chi connectivity index (χ2n) is 7.60. The summed E-state index contributed by atoms with van der Waals surface area (Å²) in [4.78, 5) is 34.4. The average Bonchev–Trinajstić information content (AvgIpc) is 3.52. The molecule has 0 spiro atoms. The van der Waals surface area contributed by atoms with Crippen LogP contribution in [0.5, 0.6) is 0 Å². The third kappa shape index (κ3) is 3.16. The molecular formula is C24H19N3O4S. The number of aromatic nitrogens is 1. The number of hydrogen-bond acceptors (Lipinski definition) is 7. The first kappa shape index (κ1) is 20.0. The number of thiazole rings is 1. The van der Waals surface area contributed by atoms with Crippen LogP contribution in [-0.2, 0) is 4.79 Å². The lowest BCUT2D eigenvalue weighted by atomic mass is 9.95. The minimum absolute atomic E-state index is 0.0261. The first-order valence-corrected chi connectivity index (χ1v) is 10.7. The molecule has 3 heterocycles. The highest BCUT2D eigenvalue weighted by Crippen LogP contribution is 2.44. The highest BCUT2D eigenvalue weighted by molar-refractivity contribution is 7.22. The van der Waals surface area contributed by atoms with E-state index in [0.717, 1.165) is 15.9 Å². The molecule has 1 atom stereocenters. The van der Waals surface area contributed by atoms with Crippen LogP contribution in [0.15, 0.2) is 82.7 Å². The van der Waals surface area contributed by atoms with Crippen molar-refractivity contribution in [3.8, 4) is 0 Å². The zero-order valence-corrected chi connectivity index (χ0v) is 18.2. The first-order chi connectivity index (χ1) is 15.5. The predicted octanol–water partition coefficient (Wildman–Crippen LogP) is 4.74. The van der Waals surface area contributed by atoms with Gasteiger partial charge in [-0.15, -0.1) is 0 Å². The number of anilines is 2. The van der Waals surface area contributed by atoms with E-state index in [1.807, 2.05) is 67.5 Å². The molecule has 32 heavy (non-hydrogen) atoms. The molecule has 0 bridgehead atoms. The minimum Gasteiger partial charge on any atom is -0.503 e. The molecule has 160 valence electrons. The molecule has 5 rings (SSSR count). The van der Waals surface area contributed by atoms with Crippen LogP contribution in [0.25, 0.3) is 10.2 Å². The maximum absolute atomic E-state index is 13.3. The number of rotatable bonds is 5. The number of ketones is 1. The van der Waals surface area contributed by atoms with Gasteiger partial charge in [-0.2, -0.15) is 0 Å². The largest absolute Gasteiger partial charge is 0.503 e. The summed E-state index contributed by atoms with van der Waals surface area (Å²) in [5.74, 6) is -1.74. The number of nitrogens with zero attached hydrogens (tertiary/aromatic N) is 3. The maximum atomic E-state index is 13.3. The maximum Gasteiger partial charge on any atom is 0.296 e. The van der Waals surface area contributed by atoms with Crippen molar-refractivity contribution in [3.63, 3.8) is 0 Å². The van der Waals surface area contributed by atoms with Gasteiger partial charge in [0.25, 0.3) is 5.91 Å². The number of fused-ring (bicyclic) bond motifs is 1. The van der Waals surface area contributed by atoms with Gasteiger partial charge in [-0.25, -0.2) is 4.98 Å². The first-order valence-electron chi connectivity index (χ1n) is 9.93. The number of benzene rings is 2. The molecule has 0 radical (unpaired) electrons. The predicted molar refractivity (Wildman–Crippen MR) is 123 cm³/mol. The molecule has 4 aromatic rings. The summed E-state index contributed by atoms with van der Waals surface area (Å²) < 4.78 is 6.18. The Morgan fingerprint density at radius 3 is 2.50 bits per heavy atom. The molecule has 0 aliphatic carbocycles. The van der Waals surface area contributed by atoms with E-state index in [1.54, 1.807) is 6.07 Å². The van der Waals surface area contributed by atoms with Crippen LogP contribution in [0.1, 0.15) is 22.2 Å². The summed E-state index contributed by atoms with van der Waals surface area (Å²) in [6.07, 6.45) is 1.38. The summed E-state index contributed by atoms with van der Waals surface area (Å²) in [5, 5.41) is 11.2. The van der Waals surface area contributed by atoms with Gasteiger partial charge in [-0.3, -0.25) is 14.5 Å². The van der Waals surface area contributed by atoms with Crippen LogP contribution in [0.3, 0.4) is 0 Å². The van der Waals surface area contributed by atoms with Crippen LogP contribution in [0.4, 0.5) is 10.8 Å². The highest BCUT2D eigenvalue weighted by Gasteiger charge is 2.46. The van der Waals surface area contributed by atoms with E-state index in [0.29, 0.717) is 10.7 Å². The highest BCUT2D eigenvalue weighted by atomic mass is 32.1. The Morgan fingerprint density at radius 2 is 1.84 bits per heavy atom. The van der Waals surface area contributed by atoms with Gasteiger partial charge in [-0.1, -0.05) is 35.6 Å². The van der Waals surface area contributed by atoms with Gasteiger partial charge in [0.1, 0.15) is 0 Å². The zero-order valence-electron chi connectivity index (χ0n) is 17.4. The average molecular weight is 446 g/mol. The summed E-state index contributed by atoms with van der Waals surface area (Å²) >= 11 is 1.33. The van der Waals surface area contributed by atoms with E-state index < -0.39 is 23.5 Å². The number of carbonyl (C=O) groups is 2. The van der Waals surface area contributed by atoms with Crippen molar-refractivity contribution in [2.45, 2.75) is 6.04 Å². The lowest BCUT2D eigenvalue weighted by Gasteiger charge is -2.25.